The van der Waals surface area contributed by atoms with Crippen LogP contribution in [0.3, 0.4) is 0 Å². The summed E-state index contributed by atoms with van der Waals surface area (Å²) < 4.78 is 32.4. The number of aromatic nitrogens is 1. The van der Waals surface area contributed by atoms with Crippen LogP contribution in [0.4, 0.5) is 5.69 Å². The van der Waals surface area contributed by atoms with Crippen LogP contribution >= 0.6 is 27.5 Å². The van der Waals surface area contributed by atoms with Gasteiger partial charge in [0, 0.05) is 6.07 Å². The molecule has 0 aliphatic carbocycles. The molecule has 1 N–H and O–H groups in total. The van der Waals surface area contributed by atoms with Crippen molar-refractivity contribution in [2.24, 2.45) is 0 Å². The van der Waals surface area contributed by atoms with Crippen molar-refractivity contribution >= 4 is 43.2 Å². The highest BCUT2D eigenvalue weighted by atomic mass is 79.9. The molecular weight excluding hydrogens is 368 g/mol. The number of pyridine rings is 1. The summed E-state index contributed by atoms with van der Waals surface area (Å²) in [7, 11) is -2.24. The van der Waals surface area contributed by atoms with E-state index in [1.54, 1.807) is 12.1 Å². The van der Waals surface area contributed by atoms with E-state index < -0.39 is 10.0 Å². The maximum absolute atomic E-state index is 12.2. The molecule has 0 saturated carbocycles. The molecule has 0 saturated heterocycles. The first-order valence-corrected chi connectivity index (χ1v) is 8.06. The van der Waals surface area contributed by atoms with Gasteiger partial charge in [-0.05, 0) is 34.1 Å². The SMILES string of the molecule is COc1cccc(S(=O)(=O)Nc2cnc(Cl)c(Br)c2)c1. The predicted molar refractivity (Wildman–Crippen MR) is 80.7 cm³/mol. The summed E-state index contributed by atoms with van der Waals surface area (Å²) in [5.74, 6) is 0.461. The number of hydrogen-bond acceptors (Lipinski definition) is 4. The van der Waals surface area contributed by atoms with Crippen LogP contribution in [0.25, 0.3) is 0 Å². The molecule has 106 valence electrons. The zero-order valence-corrected chi connectivity index (χ0v) is 13.5. The smallest absolute Gasteiger partial charge is 0.262 e. The molecule has 5 nitrogen and oxygen atoms in total. The average Bonchev–Trinajstić information content (AvgIpc) is 2.43. The molecule has 1 aromatic heterocycles. The van der Waals surface area contributed by atoms with Gasteiger partial charge in [0.1, 0.15) is 10.9 Å². The van der Waals surface area contributed by atoms with Gasteiger partial charge in [0.15, 0.2) is 0 Å². The Morgan fingerprint density at radius 3 is 2.75 bits per heavy atom. The lowest BCUT2D eigenvalue weighted by Gasteiger charge is -2.09. The number of benzene rings is 1. The number of rotatable bonds is 4. The van der Waals surface area contributed by atoms with Crippen LogP contribution in [-0.4, -0.2) is 20.5 Å². The van der Waals surface area contributed by atoms with E-state index >= 15 is 0 Å². The second kappa shape index (κ2) is 5.99. The zero-order valence-electron chi connectivity index (χ0n) is 10.3. The molecule has 0 atom stereocenters. The molecule has 2 rings (SSSR count). The van der Waals surface area contributed by atoms with Crippen LogP contribution in [0.15, 0.2) is 45.9 Å². The first-order chi connectivity index (χ1) is 9.42. The molecule has 0 bridgehead atoms. The summed E-state index contributed by atoms with van der Waals surface area (Å²) in [6.45, 7) is 0. The maximum Gasteiger partial charge on any atom is 0.262 e. The van der Waals surface area contributed by atoms with Gasteiger partial charge in [0.2, 0.25) is 0 Å². The maximum atomic E-state index is 12.2. The summed E-state index contributed by atoms with van der Waals surface area (Å²) in [6.07, 6.45) is 1.34. The highest BCUT2D eigenvalue weighted by molar-refractivity contribution is 9.10. The van der Waals surface area contributed by atoms with Crippen molar-refractivity contribution < 1.29 is 13.2 Å². The Bertz CT molecular complexity index is 737. The summed E-state index contributed by atoms with van der Waals surface area (Å²) in [4.78, 5) is 3.96. The minimum atomic E-state index is -3.71. The molecule has 0 aliphatic rings. The van der Waals surface area contributed by atoms with Crippen LogP contribution in [-0.2, 0) is 10.0 Å². The third-order valence-corrected chi connectivity index (χ3v) is 4.91. The summed E-state index contributed by atoms with van der Waals surface area (Å²) in [5, 5.41) is 0.259. The topological polar surface area (TPSA) is 68.3 Å². The molecule has 1 aromatic carbocycles. The summed E-state index contributed by atoms with van der Waals surface area (Å²) >= 11 is 8.94. The van der Waals surface area contributed by atoms with Crippen LogP contribution in [0, 0.1) is 0 Å². The molecule has 1 heterocycles. The lowest BCUT2D eigenvalue weighted by molar-refractivity contribution is 0.413. The Morgan fingerprint density at radius 1 is 1.35 bits per heavy atom. The highest BCUT2D eigenvalue weighted by Gasteiger charge is 2.15. The van der Waals surface area contributed by atoms with Crippen molar-refractivity contribution in [1.82, 2.24) is 4.98 Å². The third-order valence-electron chi connectivity index (χ3n) is 2.40. The van der Waals surface area contributed by atoms with Gasteiger partial charge in [-0.1, -0.05) is 17.7 Å². The lowest BCUT2D eigenvalue weighted by Crippen LogP contribution is -2.13. The molecule has 0 radical (unpaired) electrons. The monoisotopic (exact) mass is 376 g/mol. The summed E-state index contributed by atoms with van der Waals surface area (Å²) in [5.41, 5.74) is 0.309. The Labute approximate surface area is 130 Å². The van der Waals surface area contributed by atoms with E-state index in [-0.39, 0.29) is 10.0 Å². The Balaban J connectivity index is 2.32. The quantitative estimate of drug-likeness (QED) is 0.830. The first-order valence-electron chi connectivity index (χ1n) is 5.40. The molecule has 2 aromatic rings. The molecule has 0 aliphatic heterocycles. The number of ether oxygens (including phenoxy) is 1. The molecule has 0 spiro atoms. The Hall–Kier alpha value is -1.31. The van der Waals surface area contributed by atoms with Gasteiger partial charge >= 0.3 is 0 Å². The van der Waals surface area contributed by atoms with Crippen molar-refractivity contribution in [2.45, 2.75) is 4.90 Å². The fraction of sp³-hybridized carbons (Fsp3) is 0.0833. The van der Waals surface area contributed by atoms with E-state index in [4.69, 9.17) is 16.3 Å². The molecular formula is C12H10BrClN2O3S. The molecule has 8 heteroatoms. The van der Waals surface area contributed by atoms with Gasteiger partial charge in [0.05, 0.1) is 28.4 Å². The first kappa shape index (κ1) is 15.1. The van der Waals surface area contributed by atoms with Gasteiger partial charge in [-0.3, -0.25) is 4.72 Å². The van der Waals surface area contributed by atoms with E-state index in [1.807, 2.05) is 0 Å². The number of anilines is 1. The predicted octanol–water partition coefficient (Wildman–Crippen LogP) is 3.31. The van der Waals surface area contributed by atoms with E-state index in [0.29, 0.717) is 15.9 Å². The molecule has 0 fully saturated rings. The van der Waals surface area contributed by atoms with Crippen molar-refractivity contribution in [3.63, 3.8) is 0 Å². The normalized spacial score (nSPS) is 11.2. The van der Waals surface area contributed by atoms with Crippen LogP contribution in [0.1, 0.15) is 0 Å². The largest absolute Gasteiger partial charge is 0.497 e. The second-order valence-corrected chi connectivity index (χ2v) is 6.68. The van der Waals surface area contributed by atoms with Crippen LogP contribution < -0.4 is 9.46 Å². The lowest BCUT2D eigenvalue weighted by atomic mass is 10.3. The highest BCUT2D eigenvalue weighted by Crippen LogP contribution is 2.25. The third kappa shape index (κ3) is 3.41. The number of halogens is 2. The van der Waals surface area contributed by atoms with Gasteiger partial charge in [-0.2, -0.15) is 0 Å². The minimum absolute atomic E-state index is 0.0999. The van der Waals surface area contributed by atoms with Crippen molar-refractivity contribution in [3.05, 3.63) is 46.2 Å². The number of sulfonamides is 1. The number of methoxy groups -OCH3 is 1. The fourth-order valence-electron chi connectivity index (χ4n) is 1.46. The van der Waals surface area contributed by atoms with Gasteiger partial charge < -0.3 is 4.74 Å². The Kier molecular flexibility index (Phi) is 4.52. The Morgan fingerprint density at radius 2 is 2.10 bits per heavy atom. The standard InChI is InChI=1S/C12H10BrClN2O3S/c1-19-9-3-2-4-10(6-9)20(17,18)16-8-5-11(13)12(14)15-7-8/h2-7,16H,1H3. The van der Waals surface area contributed by atoms with Crippen LogP contribution in [0.5, 0.6) is 5.75 Å². The average molecular weight is 378 g/mol. The second-order valence-electron chi connectivity index (χ2n) is 3.78. The number of hydrogen-bond donors (Lipinski definition) is 1. The van der Waals surface area contributed by atoms with E-state index in [0.717, 1.165) is 0 Å². The molecule has 0 unspecified atom stereocenters. The van der Waals surface area contributed by atoms with Crippen LogP contribution in [0.2, 0.25) is 5.15 Å². The van der Waals surface area contributed by atoms with Gasteiger partial charge in [0.25, 0.3) is 10.0 Å². The zero-order chi connectivity index (χ0) is 14.8. The van der Waals surface area contributed by atoms with E-state index in [1.165, 1.54) is 31.5 Å². The minimum Gasteiger partial charge on any atom is -0.497 e. The van der Waals surface area contributed by atoms with Gasteiger partial charge in [-0.15, -0.1) is 0 Å². The molecule has 20 heavy (non-hydrogen) atoms. The fourth-order valence-corrected chi connectivity index (χ4v) is 2.98. The van der Waals surface area contributed by atoms with Crippen molar-refractivity contribution in [2.75, 3.05) is 11.8 Å². The molecule has 0 amide bonds. The van der Waals surface area contributed by atoms with E-state index in [2.05, 4.69) is 25.6 Å². The van der Waals surface area contributed by atoms with E-state index in [9.17, 15) is 8.42 Å². The van der Waals surface area contributed by atoms with Crippen molar-refractivity contribution in [1.29, 1.82) is 0 Å². The summed E-state index contributed by atoms with van der Waals surface area (Å²) in [6, 6.07) is 7.71. The number of nitrogens with one attached hydrogen (secondary N) is 1. The van der Waals surface area contributed by atoms with Gasteiger partial charge in [-0.25, -0.2) is 13.4 Å². The number of nitrogens with zero attached hydrogens (tertiary/aromatic N) is 1. The van der Waals surface area contributed by atoms with Crippen molar-refractivity contribution in [3.8, 4) is 5.75 Å².